The summed E-state index contributed by atoms with van der Waals surface area (Å²) in [6, 6.07) is 0. The highest BCUT2D eigenvalue weighted by Crippen LogP contribution is 2.13. The molecular weight excluding hydrogens is 449 g/mol. The third kappa shape index (κ3) is 7.89. The number of carbonyl (C=O) groups excluding carboxylic acids is 1. The van der Waals surface area contributed by atoms with Crippen LogP contribution in [0.15, 0.2) is 11.2 Å². The number of amides is 1. The molecule has 2 rings (SSSR count). The molecule has 0 bridgehead atoms. The fourth-order valence-electron chi connectivity index (χ4n) is 2.65. The van der Waals surface area contributed by atoms with E-state index in [4.69, 9.17) is 0 Å². The number of guanidine groups is 1. The molecule has 2 N–H and O–H groups in total. The summed E-state index contributed by atoms with van der Waals surface area (Å²) in [6.45, 7) is 7.68. The van der Waals surface area contributed by atoms with Gasteiger partial charge in [0.15, 0.2) is 5.96 Å². The molecule has 0 aliphatic carbocycles. The fraction of sp³-hybridized carbons (Fsp3) is 0.706. The molecule has 2 heterocycles. The number of nitrogens with one attached hydrogen (secondary N) is 2. The van der Waals surface area contributed by atoms with Crippen LogP contribution in [0.5, 0.6) is 0 Å². The maximum atomic E-state index is 12.2. The SMILES string of the molecule is CCNC(=NCC(=O)N1CCCCC1)NCCc1ncc(CC)s1.I. The Balaban J connectivity index is 0.00000312. The Hall–Kier alpha value is -0.900. The van der Waals surface area contributed by atoms with Crippen LogP contribution in [0.2, 0.25) is 0 Å². The van der Waals surface area contributed by atoms with Crippen molar-refractivity contribution in [2.75, 3.05) is 32.7 Å². The second-order valence-corrected chi connectivity index (χ2v) is 7.09. The van der Waals surface area contributed by atoms with Crippen LogP contribution >= 0.6 is 35.3 Å². The lowest BCUT2D eigenvalue weighted by Gasteiger charge is -2.26. The summed E-state index contributed by atoms with van der Waals surface area (Å²) in [6.07, 6.45) is 7.32. The van der Waals surface area contributed by atoms with E-state index in [-0.39, 0.29) is 36.4 Å². The van der Waals surface area contributed by atoms with Crippen molar-refractivity contribution in [2.45, 2.75) is 46.0 Å². The van der Waals surface area contributed by atoms with Crippen molar-refractivity contribution in [2.24, 2.45) is 4.99 Å². The summed E-state index contributed by atoms with van der Waals surface area (Å²) in [5.74, 6) is 0.828. The Morgan fingerprint density at radius 3 is 2.68 bits per heavy atom. The van der Waals surface area contributed by atoms with E-state index in [9.17, 15) is 4.79 Å². The second-order valence-electron chi connectivity index (χ2n) is 5.89. The van der Waals surface area contributed by atoms with Gasteiger partial charge in [0.1, 0.15) is 6.54 Å². The number of piperidine rings is 1. The first kappa shape index (κ1) is 22.1. The van der Waals surface area contributed by atoms with E-state index in [0.29, 0.717) is 5.96 Å². The van der Waals surface area contributed by atoms with E-state index >= 15 is 0 Å². The summed E-state index contributed by atoms with van der Waals surface area (Å²) in [5, 5.41) is 7.62. The van der Waals surface area contributed by atoms with Gasteiger partial charge in [0.25, 0.3) is 0 Å². The van der Waals surface area contributed by atoms with Crippen molar-refractivity contribution in [3.63, 3.8) is 0 Å². The van der Waals surface area contributed by atoms with Crippen molar-refractivity contribution >= 4 is 47.2 Å². The normalized spacial score (nSPS) is 14.8. The third-order valence-corrected chi connectivity index (χ3v) is 5.21. The van der Waals surface area contributed by atoms with Gasteiger partial charge in [-0.1, -0.05) is 6.92 Å². The number of aryl methyl sites for hydroxylation is 1. The molecule has 142 valence electrons. The van der Waals surface area contributed by atoms with Gasteiger partial charge in [-0.15, -0.1) is 35.3 Å². The standard InChI is InChI=1S/C17H29N5OS.HI/c1-3-14-12-20-15(24-14)8-9-19-17(18-4-2)21-13-16(23)22-10-6-5-7-11-22;/h12H,3-11,13H2,1-2H3,(H2,18,19,21);1H. The maximum absolute atomic E-state index is 12.2. The average molecular weight is 479 g/mol. The molecule has 1 saturated heterocycles. The van der Waals surface area contributed by atoms with E-state index < -0.39 is 0 Å². The minimum absolute atomic E-state index is 0. The van der Waals surface area contributed by atoms with Crippen molar-refractivity contribution in [3.8, 4) is 0 Å². The van der Waals surface area contributed by atoms with Gasteiger partial charge in [-0.25, -0.2) is 9.98 Å². The van der Waals surface area contributed by atoms with E-state index in [1.54, 1.807) is 11.3 Å². The summed E-state index contributed by atoms with van der Waals surface area (Å²) in [7, 11) is 0. The molecule has 0 spiro atoms. The van der Waals surface area contributed by atoms with E-state index in [0.717, 1.165) is 56.9 Å². The number of halogens is 1. The van der Waals surface area contributed by atoms with Crippen LogP contribution in [0.25, 0.3) is 0 Å². The lowest BCUT2D eigenvalue weighted by Crippen LogP contribution is -2.41. The molecule has 25 heavy (non-hydrogen) atoms. The third-order valence-electron chi connectivity index (χ3n) is 4.01. The van der Waals surface area contributed by atoms with Crippen LogP contribution in [0, 0.1) is 0 Å². The van der Waals surface area contributed by atoms with Gasteiger partial charge < -0.3 is 15.5 Å². The topological polar surface area (TPSA) is 69.6 Å². The first-order valence-corrected chi connectivity index (χ1v) is 9.78. The number of aliphatic imine (C=N–C) groups is 1. The van der Waals surface area contributed by atoms with Crippen molar-refractivity contribution in [1.82, 2.24) is 20.5 Å². The molecule has 1 aliphatic rings. The van der Waals surface area contributed by atoms with Gasteiger partial charge in [-0.3, -0.25) is 4.79 Å². The van der Waals surface area contributed by atoms with Gasteiger partial charge >= 0.3 is 0 Å². The first-order valence-electron chi connectivity index (χ1n) is 8.96. The van der Waals surface area contributed by atoms with E-state index in [2.05, 4.69) is 27.5 Å². The molecule has 1 amide bonds. The molecular formula is C17H30IN5OS. The Labute approximate surface area is 171 Å². The summed E-state index contributed by atoms with van der Waals surface area (Å²) in [5.41, 5.74) is 0. The maximum Gasteiger partial charge on any atom is 0.244 e. The van der Waals surface area contributed by atoms with Gasteiger partial charge in [0, 0.05) is 43.7 Å². The van der Waals surface area contributed by atoms with Gasteiger partial charge in [0.2, 0.25) is 5.91 Å². The molecule has 0 unspecified atom stereocenters. The summed E-state index contributed by atoms with van der Waals surface area (Å²) >= 11 is 1.76. The molecule has 6 nitrogen and oxygen atoms in total. The average Bonchev–Trinajstić information content (AvgIpc) is 3.08. The Kier molecular flexibility index (Phi) is 11.0. The molecule has 0 atom stereocenters. The zero-order chi connectivity index (χ0) is 17.2. The van der Waals surface area contributed by atoms with E-state index in [1.165, 1.54) is 11.3 Å². The van der Waals surface area contributed by atoms with Gasteiger partial charge in [-0.2, -0.15) is 0 Å². The van der Waals surface area contributed by atoms with Crippen LogP contribution in [0.4, 0.5) is 0 Å². The molecule has 1 aliphatic heterocycles. The predicted octanol–water partition coefficient (Wildman–Crippen LogP) is 2.43. The van der Waals surface area contributed by atoms with Crippen molar-refractivity contribution in [1.29, 1.82) is 0 Å². The number of hydrogen-bond donors (Lipinski definition) is 2. The predicted molar refractivity (Wildman–Crippen MR) is 115 cm³/mol. The highest BCUT2D eigenvalue weighted by molar-refractivity contribution is 14.0. The van der Waals surface area contributed by atoms with Gasteiger partial charge in [-0.05, 0) is 32.6 Å². The monoisotopic (exact) mass is 479 g/mol. The number of rotatable bonds is 7. The van der Waals surface area contributed by atoms with Gasteiger partial charge in [0.05, 0.1) is 5.01 Å². The second kappa shape index (κ2) is 12.5. The van der Waals surface area contributed by atoms with Crippen LogP contribution in [-0.4, -0.2) is 54.5 Å². The Morgan fingerprint density at radius 1 is 1.28 bits per heavy atom. The van der Waals surface area contributed by atoms with Crippen LogP contribution < -0.4 is 10.6 Å². The Bertz CT molecular complexity index is 543. The van der Waals surface area contributed by atoms with Crippen molar-refractivity contribution in [3.05, 3.63) is 16.1 Å². The molecule has 1 aromatic rings. The fourth-order valence-corrected chi connectivity index (χ4v) is 3.51. The van der Waals surface area contributed by atoms with Crippen LogP contribution in [0.3, 0.4) is 0 Å². The molecule has 1 aromatic heterocycles. The summed E-state index contributed by atoms with van der Waals surface area (Å²) in [4.78, 5) is 24.3. The highest BCUT2D eigenvalue weighted by atomic mass is 127. The number of carbonyl (C=O) groups is 1. The molecule has 0 saturated carbocycles. The zero-order valence-electron chi connectivity index (χ0n) is 15.2. The minimum Gasteiger partial charge on any atom is -0.357 e. The van der Waals surface area contributed by atoms with Crippen LogP contribution in [-0.2, 0) is 17.6 Å². The first-order chi connectivity index (χ1) is 11.7. The largest absolute Gasteiger partial charge is 0.357 e. The minimum atomic E-state index is 0. The quantitative estimate of drug-likeness (QED) is 0.358. The zero-order valence-corrected chi connectivity index (χ0v) is 18.4. The molecule has 0 aromatic carbocycles. The number of thiazole rings is 1. The Morgan fingerprint density at radius 2 is 2.04 bits per heavy atom. The molecule has 1 fully saturated rings. The summed E-state index contributed by atoms with van der Waals surface area (Å²) < 4.78 is 0. The van der Waals surface area contributed by atoms with E-state index in [1.807, 2.05) is 18.0 Å². The van der Waals surface area contributed by atoms with Crippen molar-refractivity contribution < 1.29 is 4.79 Å². The van der Waals surface area contributed by atoms with Crippen LogP contribution in [0.1, 0.15) is 43.0 Å². The molecule has 8 heteroatoms. The number of aromatic nitrogens is 1. The highest BCUT2D eigenvalue weighted by Gasteiger charge is 2.15. The smallest absolute Gasteiger partial charge is 0.244 e. The number of hydrogen-bond acceptors (Lipinski definition) is 4. The number of nitrogens with zero attached hydrogens (tertiary/aromatic N) is 3. The lowest BCUT2D eigenvalue weighted by atomic mass is 10.1. The lowest BCUT2D eigenvalue weighted by molar-refractivity contribution is -0.130. The molecule has 0 radical (unpaired) electrons. The number of likely N-dealkylation sites (tertiary alicyclic amines) is 1.